The molecule has 0 aliphatic carbocycles. The van der Waals surface area contributed by atoms with Crippen LogP contribution in [0.1, 0.15) is 70.9 Å². The van der Waals surface area contributed by atoms with Crippen LogP contribution in [0.25, 0.3) is 0 Å². The Balaban J connectivity index is 1.80. The first kappa shape index (κ1) is 38.5. The molecule has 13 nitrogen and oxygen atoms in total. The molecule has 4 unspecified atom stereocenters. The molecule has 0 radical (unpaired) electrons. The first-order valence-corrected chi connectivity index (χ1v) is 16.6. The highest BCUT2D eigenvalue weighted by Crippen LogP contribution is 2.19. The summed E-state index contributed by atoms with van der Waals surface area (Å²) in [4.78, 5) is 77.8. The number of rotatable bonds is 17. The molecular formula is C36H48N4O9. The van der Waals surface area contributed by atoms with E-state index >= 15 is 0 Å². The van der Waals surface area contributed by atoms with Crippen molar-refractivity contribution in [3.63, 3.8) is 0 Å². The van der Waals surface area contributed by atoms with Crippen molar-refractivity contribution >= 4 is 35.8 Å². The Kier molecular flexibility index (Phi) is 15.1. The number of esters is 2. The van der Waals surface area contributed by atoms with E-state index < -0.39 is 60.0 Å². The topological polar surface area (TPSA) is 178 Å². The molecule has 1 heterocycles. The van der Waals surface area contributed by atoms with Gasteiger partial charge in [0, 0.05) is 31.3 Å². The standard InChI is InChI=1S/C36H48N4O9/c1-5-47-30(41)17-16-27(21-26-18-19-37-32(26)43)38-33(44)28(20-24-12-8-6-9-13-24)39-34(45)29(22-31(42)49-36(2,3)4)40-35(46)48-23-25-14-10-7-11-15-25/h6-15,26-29H,5,16-23H2,1-4H3,(H,37,43)(H,38,44)(H,39,45)(H,40,46). The van der Waals surface area contributed by atoms with E-state index in [1.807, 2.05) is 12.1 Å². The van der Waals surface area contributed by atoms with Crippen LogP contribution in [0.5, 0.6) is 0 Å². The minimum absolute atomic E-state index is 0.0236. The molecular weight excluding hydrogens is 632 g/mol. The fraction of sp³-hybridized carbons (Fsp3) is 0.500. The van der Waals surface area contributed by atoms with Gasteiger partial charge in [0.05, 0.1) is 13.0 Å². The minimum Gasteiger partial charge on any atom is -0.466 e. The number of alkyl carbamates (subject to hydrolysis) is 1. The Bertz CT molecular complexity index is 1410. The van der Waals surface area contributed by atoms with E-state index in [-0.39, 0.29) is 44.3 Å². The van der Waals surface area contributed by atoms with Gasteiger partial charge in [0.15, 0.2) is 0 Å². The van der Waals surface area contributed by atoms with Crippen LogP contribution in [-0.2, 0) is 51.2 Å². The average molecular weight is 681 g/mol. The molecule has 266 valence electrons. The second-order valence-electron chi connectivity index (χ2n) is 12.9. The van der Waals surface area contributed by atoms with Crippen molar-refractivity contribution < 1.29 is 43.0 Å². The summed E-state index contributed by atoms with van der Waals surface area (Å²) in [5.41, 5.74) is 0.606. The number of carbonyl (C=O) groups is 6. The molecule has 2 aromatic rings. The smallest absolute Gasteiger partial charge is 0.408 e. The molecule has 0 saturated carbocycles. The number of hydrogen-bond donors (Lipinski definition) is 4. The molecule has 49 heavy (non-hydrogen) atoms. The maximum atomic E-state index is 13.9. The van der Waals surface area contributed by atoms with E-state index in [9.17, 15) is 28.8 Å². The van der Waals surface area contributed by atoms with Gasteiger partial charge in [0.1, 0.15) is 24.3 Å². The van der Waals surface area contributed by atoms with Crippen molar-refractivity contribution in [3.8, 4) is 0 Å². The molecule has 13 heteroatoms. The van der Waals surface area contributed by atoms with Gasteiger partial charge in [-0.05, 0) is 58.1 Å². The van der Waals surface area contributed by atoms with Gasteiger partial charge in [-0.2, -0.15) is 0 Å². The fourth-order valence-electron chi connectivity index (χ4n) is 5.29. The van der Waals surface area contributed by atoms with Crippen LogP contribution in [0, 0.1) is 5.92 Å². The van der Waals surface area contributed by atoms with Crippen molar-refractivity contribution in [2.75, 3.05) is 13.2 Å². The molecule has 3 rings (SSSR count). The minimum atomic E-state index is -1.44. The third-order valence-electron chi connectivity index (χ3n) is 7.61. The van der Waals surface area contributed by atoms with Gasteiger partial charge in [-0.3, -0.25) is 24.0 Å². The summed E-state index contributed by atoms with van der Waals surface area (Å²) in [5.74, 6) is -3.02. The lowest BCUT2D eigenvalue weighted by molar-refractivity contribution is -0.156. The predicted molar refractivity (Wildman–Crippen MR) is 180 cm³/mol. The number of ether oxygens (including phenoxy) is 3. The van der Waals surface area contributed by atoms with Crippen molar-refractivity contribution in [1.29, 1.82) is 0 Å². The van der Waals surface area contributed by atoms with Crippen molar-refractivity contribution in [3.05, 3.63) is 71.8 Å². The van der Waals surface area contributed by atoms with Crippen molar-refractivity contribution in [2.24, 2.45) is 5.92 Å². The first-order chi connectivity index (χ1) is 23.3. The Morgan fingerprint density at radius 1 is 0.837 bits per heavy atom. The van der Waals surface area contributed by atoms with Gasteiger partial charge in [0.25, 0.3) is 0 Å². The van der Waals surface area contributed by atoms with Crippen LogP contribution >= 0.6 is 0 Å². The second-order valence-corrected chi connectivity index (χ2v) is 12.9. The third-order valence-corrected chi connectivity index (χ3v) is 7.61. The number of nitrogens with one attached hydrogen (secondary N) is 4. The third kappa shape index (κ3) is 14.4. The number of benzene rings is 2. The Hall–Kier alpha value is -4.94. The van der Waals surface area contributed by atoms with Crippen LogP contribution in [0.3, 0.4) is 0 Å². The zero-order chi connectivity index (χ0) is 35.8. The van der Waals surface area contributed by atoms with Gasteiger partial charge >= 0.3 is 18.0 Å². The molecule has 1 saturated heterocycles. The van der Waals surface area contributed by atoms with Gasteiger partial charge in [-0.25, -0.2) is 4.79 Å². The summed E-state index contributed by atoms with van der Waals surface area (Å²) in [6.07, 6.45) is -0.268. The summed E-state index contributed by atoms with van der Waals surface area (Å²) in [7, 11) is 0. The second kappa shape index (κ2) is 19.2. The molecule has 4 amide bonds. The lowest BCUT2D eigenvalue weighted by Crippen LogP contribution is -2.56. The molecule has 0 aromatic heterocycles. The van der Waals surface area contributed by atoms with Crippen LogP contribution in [-0.4, -0.2) is 72.6 Å². The van der Waals surface area contributed by atoms with E-state index in [1.165, 1.54) is 0 Å². The highest BCUT2D eigenvalue weighted by atomic mass is 16.6. The SMILES string of the molecule is CCOC(=O)CCC(CC1CCNC1=O)NC(=O)C(Cc1ccccc1)NC(=O)C(CC(=O)OC(C)(C)C)NC(=O)OCc1ccccc1. The van der Waals surface area contributed by atoms with Crippen molar-refractivity contribution in [2.45, 2.75) is 96.6 Å². The lowest BCUT2D eigenvalue weighted by Gasteiger charge is -2.27. The Labute approximate surface area is 287 Å². The van der Waals surface area contributed by atoms with Crippen molar-refractivity contribution in [1.82, 2.24) is 21.3 Å². The summed E-state index contributed by atoms with van der Waals surface area (Å²) in [5, 5.41) is 10.9. The molecule has 4 atom stereocenters. The molecule has 2 aromatic carbocycles. The highest BCUT2D eigenvalue weighted by molar-refractivity contribution is 5.93. The highest BCUT2D eigenvalue weighted by Gasteiger charge is 2.33. The van der Waals surface area contributed by atoms with Gasteiger partial charge in [-0.15, -0.1) is 0 Å². The molecule has 1 aliphatic rings. The summed E-state index contributed by atoms with van der Waals surface area (Å²) >= 11 is 0. The number of amides is 4. The van der Waals surface area contributed by atoms with Crippen LogP contribution in [0.4, 0.5) is 4.79 Å². The van der Waals surface area contributed by atoms with E-state index in [0.717, 1.165) is 11.1 Å². The van der Waals surface area contributed by atoms with E-state index in [1.54, 1.807) is 76.2 Å². The van der Waals surface area contributed by atoms with Gasteiger partial charge < -0.3 is 35.5 Å². The quantitative estimate of drug-likeness (QED) is 0.144. The van der Waals surface area contributed by atoms with E-state index in [4.69, 9.17) is 14.2 Å². The predicted octanol–water partition coefficient (Wildman–Crippen LogP) is 3.10. The summed E-state index contributed by atoms with van der Waals surface area (Å²) in [6.45, 7) is 7.39. The first-order valence-electron chi connectivity index (χ1n) is 16.6. The van der Waals surface area contributed by atoms with Crippen LogP contribution in [0.15, 0.2) is 60.7 Å². The monoisotopic (exact) mass is 680 g/mol. The summed E-state index contributed by atoms with van der Waals surface area (Å²) < 4.78 is 15.8. The fourth-order valence-corrected chi connectivity index (χ4v) is 5.29. The maximum Gasteiger partial charge on any atom is 0.408 e. The normalized spacial score (nSPS) is 15.9. The molecule has 1 fully saturated rings. The number of hydrogen-bond acceptors (Lipinski definition) is 9. The van der Waals surface area contributed by atoms with Gasteiger partial charge in [-0.1, -0.05) is 60.7 Å². The van der Waals surface area contributed by atoms with Crippen LogP contribution < -0.4 is 21.3 Å². The average Bonchev–Trinajstić information content (AvgIpc) is 3.45. The van der Waals surface area contributed by atoms with Gasteiger partial charge in [0.2, 0.25) is 17.7 Å². The zero-order valence-electron chi connectivity index (χ0n) is 28.6. The maximum absolute atomic E-state index is 13.9. The lowest BCUT2D eigenvalue weighted by atomic mass is 9.94. The molecule has 4 N–H and O–H groups in total. The van der Waals surface area contributed by atoms with Crippen LogP contribution in [0.2, 0.25) is 0 Å². The zero-order valence-corrected chi connectivity index (χ0v) is 28.6. The largest absolute Gasteiger partial charge is 0.466 e. The molecule has 0 bridgehead atoms. The molecule has 0 spiro atoms. The Morgan fingerprint density at radius 2 is 1.47 bits per heavy atom. The van der Waals surface area contributed by atoms with E-state index in [2.05, 4.69) is 21.3 Å². The Morgan fingerprint density at radius 3 is 2.06 bits per heavy atom. The summed E-state index contributed by atoms with van der Waals surface area (Å²) in [6, 6.07) is 14.8. The molecule has 1 aliphatic heterocycles. The van der Waals surface area contributed by atoms with E-state index in [0.29, 0.717) is 19.4 Å². The number of carbonyl (C=O) groups excluding carboxylic acids is 6.